The molecule has 2 amide bonds. The lowest BCUT2D eigenvalue weighted by Crippen LogP contribution is -2.24. The molecular formula is C14H16N4O2S. The van der Waals surface area contributed by atoms with Gasteiger partial charge in [0.15, 0.2) is 5.13 Å². The molecule has 2 rings (SSSR count). The minimum absolute atomic E-state index is 0.161. The molecule has 0 aliphatic heterocycles. The van der Waals surface area contributed by atoms with Gasteiger partial charge in [0.2, 0.25) is 0 Å². The van der Waals surface area contributed by atoms with E-state index in [9.17, 15) is 9.59 Å². The van der Waals surface area contributed by atoms with Crippen LogP contribution in [-0.2, 0) is 0 Å². The van der Waals surface area contributed by atoms with Crippen molar-refractivity contribution in [1.82, 2.24) is 10.3 Å². The van der Waals surface area contributed by atoms with Crippen molar-refractivity contribution in [2.75, 3.05) is 17.6 Å². The maximum absolute atomic E-state index is 12.0. The summed E-state index contributed by atoms with van der Waals surface area (Å²) >= 11 is 1.20. The molecule has 0 atom stereocenters. The summed E-state index contributed by atoms with van der Waals surface area (Å²) in [6.07, 6.45) is 0.868. The number of carbonyl (C=O) groups excluding carboxylic acids is 2. The molecular weight excluding hydrogens is 288 g/mol. The molecule has 1 heterocycles. The van der Waals surface area contributed by atoms with E-state index in [1.165, 1.54) is 11.3 Å². The van der Waals surface area contributed by atoms with Crippen LogP contribution in [0.25, 0.3) is 0 Å². The van der Waals surface area contributed by atoms with Crippen LogP contribution in [-0.4, -0.2) is 23.3 Å². The molecule has 7 heteroatoms. The van der Waals surface area contributed by atoms with E-state index in [1.54, 1.807) is 29.6 Å². The number of nitrogens with zero attached hydrogens (tertiary/aromatic N) is 1. The second kappa shape index (κ2) is 6.85. The fraction of sp³-hybridized carbons (Fsp3) is 0.214. The van der Waals surface area contributed by atoms with Crippen LogP contribution in [0.2, 0.25) is 0 Å². The molecule has 1 aromatic heterocycles. The maximum Gasteiger partial charge on any atom is 0.275 e. The highest BCUT2D eigenvalue weighted by atomic mass is 32.1. The van der Waals surface area contributed by atoms with Gasteiger partial charge in [-0.15, -0.1) is 11.3 Å². The van der Waals surface area contributed by atoms with Crippen molar-refractivity contribution in [2.24, 2.45) is 0 Å². The summed E-state index contributed by atoms with van der Waals surface area (Å²) in [5.41, 5.74) is 6.79. The van der Waals surface area contributed by atoms with Crippen molar-refractivity contribution in [3.63, 3.8) is 0 Å². The standard InChI is InChI=1S/C14H16N4O2S/c1-2-6-16-12(19)9-4-3-5-10(7-9)17-13(20)11-8-21-14(15)18-11/h3-5,7-8H,2,6H2,1H3,(H2,15,18)(H,16,19)(H,17,20). The maximum atomic E-state index is 12.0. The highest BCUT2D eigenvalue weighted by Gasteiger charge is 2.11. The van der Waals surface area contributed by atoms with Gasteiger partial charge in [0.1, 0.15) is 5.69 Å². The number of nitrogens with two attached hydrogens (primary N) is 1. The third kappa shape index (κ3) is 4.03. The van der Waals surface area contributed by atoms with Gasteiger partial charge in [-0.2, -0.15) is 0 Å². The molecule has 0 bridgehead atoms. The van der Waals surface area contributed by atoms with E-state index >= 15 is 0 Å². The Morgan fingerprint density at radius 2 is 2.14 bits per heavy atom. The Labute approximate surface area is 126 Å². The van der Waals surface area contributed by atoms with Crippen LogP contribution in [0.1, 0.15) is 34.2 Å². The Hall–Kier alpha value is -2.41. The molecule has 2 aromatic rings. The van der Waals surface area contributed by atoms with Crippen LogP contribution in [0, 0.1) is 0 Å². The molecule has 0 spiro atoms. The average Bonchev–Trinajstić information content (AvgIpc) is 2.91. The van der Waals surface area contributed by atoms with Crippen molar-refractivity contribution in [1.29, 1.82) is 0 Å². The molecule has 0 radical (unpaired) electrons. The number of hydrogen-bond acceptors (Lipinski definition) is 5. The van der Waals surface area contributed by atoms with Gasteiger partial charge in [-0.05, 0) is 24.6 Å². The van der Waals surface area contributed by atoms with E-state index in [0.717, 1.165) is 6.42 Å². The van der Waals surface area contributed by atoms with Gasteiger partial charge in [0, 0.05) is 23.2 Å². The quantitative estimate of drug-likeness (QED) is 0.788. The fourth-order valence-electron chi connectivity index (χ4n) is 1.67. The van der Waals surface area contributed by atoms with Gasteiger partial charge in [0.05, 0.1) is 0 Å². The molecule has 6 nitrogen and oxygen atoms in total. The first-order chi connectivity index (χ1) is 10.1. The first kappa shape index (κ1) is 15.0. The Kier molecular flexibility index (Phi) is 4.89. The van der Waals surface area contributed by atoms with Crippen LogP contribution < -0.4 is 16.4 Å². The number of rotatable bonds is 5. The summed E-state index contributed by atoms with van der Waals surface area (Å²) in [7, 11) is 0. The van der Waals surface area contributed by atoms with Crippen molar-refractivity contribution in [2.45, 2.75) is 13.3 Å². The van der Waals surface area contributed by atoms with Crippen LogP contribution in [0.3, 0.4) is 0 Å². The second-order valence-electron chi connectivity index (χ2n) is 4.36. The zero-order chi connectivity index (χ0) is 15.2. The predicted molar refractivity (Wildman–Crippen MR) is 83.5 cm³/mol. The van der Waals surface area contributed by atoms with Crippen molar-refractivity contribution < 1.29 is 9.59 Å². The number of nitrogen functional groups attached to an aromatic ring is 1. The van der Waals surface area contributed by atoms with Gasteiger partial charge in [-0.1, -0.05) is 13.0 Å². The van der Waals surface area contributed by atoms with Crippen LogP contribution >= 0.6 is 11.3 Å². The molecule has 0 aliphatic rings. The van der Waals surface area contributed by atoms with Gasteiger partial charge in [-0.25, -0.2) is 4.98 Å². The van der Waals surface area contributed by atoms with Gasteiger partial charge < -0.3 is 16.4 Å². The van der Waals surface area contributed by atoms with E-state index in [1.807, 2.05) is 6.92 Å². The Bertz CT molecular complexity index is 654. The highest BCUT2D eigenvalue weighted by molar-refractivity contribution is 7.13. The van der Waals surface area contributed by atoms with Crippen LogP contribution in [0.5, 0.6) is 0 Å². The summed E-state index contributed by atoms with van der Waals surface area (Å²) in [6, 6.07) is 6.75. The van der Waals surface area contributed by atoms with Crippen molar-refractivity contribution in [3.8, 4) is 0 Å². The summed E-state index contributed by atoms with van der Waals surface area (Å²) in [6.45, 7) is 2.60. The number of aromatic nitrogens is 1. The van der Waals surface area contributed by atoms with Gasteiger partial charge in [0.25, 0.3) is 11.8 Å². The smallest absolute Gasteiger partial charge is 0.275 e. The van der Waals surface area contributed by atoms with Crippen LogP contribution in [0.15, 0.2) is 29.6 Å². The molecule has 0 saturated carbocycles. The summed E-state index contributed by atoms with van der Waals surface area (Å²) in [5, 5.41) is 7.40. The average molecular weight is 304 g/mol. The number of amides is 2. The Balaban J connectivity index is 2.07. The minimum atomic E-state index is -0.353. The lowest BCUT2D eigenvalue weighted by Gasteiger charge is -2.07. The van der Waals surface area contributed by atoms with Crippen molar-refractivity contribution in [3.05, 3.63) is 40.9 Å². The van der Waals surface area contributed by atoms with Crippen molar-refractivity contribution >= 4 is 34.0 Å². The molecule has 110 valence electrons. The number of benzene rings is 1. The molecule has 21 heavy (non-hydrogen) atoms. The first-order valence-corrected chi connectivity index (χ1v) is 7.38. The zero-order valence-corrected chi connectivity index (χ0v) is 12.4. The Morgan fingerprint density at radius 3 is 2.81 bits per heavy atom. The Morgan fingerprint density at radius 1 is 1.33 bits per heavy atom. The monoisotopic (exact) mass is 304 g/mol. The van der Waals surface area contributed by atoms with E-state index in [4.69, 9.17) is 5.73 Å². The molecule has 0 aliphatic carbocycles. The molecule has 0 saturated heterocycles. The van der Waals surface area contributed by atoms with E-state index in [2.05, 4.69) is 15.6 Å². The van der Waals surface area contributed by atoms with E-state index < -0.39 is 0 Å². The summed E-state index contributed by atoms with van der Waals surface area (Å²) < 4.78 is 0. The lowest BCUT2D eigenvalue weighted by molar-refractivity contribution is 0.0952. The highest BCUT2D eigenvalue weighted by Crippen LogP contribution is 2.15. The number of anilines is 2. The summed E-state index contributed by atoms with van der Waals surface area (Å²) in [5.74, 6) is -0.514. The lowest BCUT2D eigenvalue weighted by atomic mass is 10.2. The third-order valence-electron chi connectivity index (χ3n) is 2.67. The van der Waals surface area contributed by atoms with E-state index in [0.29, 0.717) is 22.9 Å². The normalized spacial score (nSPS) is 10.1. The SMILES string of the molecule is CCCNC(=O)c1cccc(NC(=O)c2csc(N)n2)c1. The number of hydrogen-bond donors (Lipinski definition) is 3. The molecule has 0 fully saturated rings. The second-order valence-corrected chi connectivity index (χ2v) is 5.25. The number of carbonyl (C=O) groups is 2. The predicted octanol–water partition coefficient (Wildman–Crippen LogP) is 2.12. The topological polar surface area (TPSA) is 97.1 Å². The van der Waals surface area contributed by atoms with Crippen LogP contribution in [0.4, 0.5) is 10.8 Å². The van der Waals surface area contributed by atoms with Gasteiger partial charge >= 0.3 is 0 Å². The molecule has 1 aromatic carbocycles. The van der Waals surface area contributed by atoms with E-state index in [-0.39, 0.29) is 17.5 Å². The number of nitrogens with one attached hydrogen (secondary N) is 2. The largest absolute Gasteiger partial charge is 0.375 e. The zero-order valence-electron chi connectivity index (χ0n) is 11.6. The molecule has 4 N–H and O–H groups in total. The third-order valence-corrected chi connectivity index (χ3v) is 3.35. The fourth-order valence-corrected chi connectivity index (χ4v) is 2.21. The molecule has 0 unspecified atom stereocenters. The summed E-state index contributed by atoms with van der Waals surface area (Å²) in [4.78, 5) is 27.7. The van der Waals surface area contributed by atoms with Gasteiger partial charge in [-0.3, -0.25) is 9.59 Å². The number of thiazole rings is 1. The first-order valence-electron chi connectivity index (χ1n) is 6.50. The minimum Gasteiger partial charge on any atom is -0.375 e.